The van der Waals surface area contributed by atoms with Gasteiger partial charge in [0.1, 0.15) is 6.04 Å². The van der Waals surface area contributed by atoms with Crippen LogP contribution in [0.15, 0.2) is 54.6 Å². The lowest BCUT2D eigenvalue weighted by molar-refractivity contribution is -0.143. The number of sulfonamides is 1. The zero-order valence-corrected chi connectivity index (χ0v) is 25.1. The summed E-state index contributed by atoms with van der Waals surface area (Å²) in [5, 5.41) is 3.08. The van der Waals surface area contributed by atoms with E-state index in [2.05, 4.69) is 17.3 Å². The van der Waals surface area contributed by atoms with Crippen LogP contribution in [0.5, 0.6) is 0 Å². The highest BCUT2D eigenvalue weighted by atomic mass is 32.2. The number of para-hydroxylation sites is 1. The average Bonchev–Trinajstić information content (AvgIpc) is 3.30. The number of hydrogen-bond acceptors (Lipinski definition) is 6. The summed E-state index contributed by atoms with van der Waals surface area (Å²) < 4.78 is 32.8. The Hall–Kier alpha value is -2.95. The molecule has 2 saturated heterocycles. The third kappa shape index (κ3) is 6.44. The molecule has 10 heteroatoms. The molecule has 2 amide bonds. The lowest BCUT2D eigenvalue weighted by Gasteiger charge is -2.41. The van der Waals surface area contributed by atoms with Crippen molar-refractivity contribution in [1.82, 2.24) is 15.1 Å². The second kappa shape index (κ2) is 12.1. The van der Waals surface area contributed by atoms with Crippen molar-refractivity contribution in [2.75, 3.05) is 50.3 Å². The Kier molecular flexibility index (Phi) is 8.73. The van der Waals surface area contributed by atoms with Crippen LogP contribution in [0.1, 0.15) is 43.7 Å². The molecule has 5 rings (SSSR count). The van der Waals surface area contributed by atoms with Gasteiger partial charge in [0.25, 0.3) is 0 Å². The fourth-order valence-corrected chi connectivity index (χ4v) is 7.48. The van der Waals surface area contributed by atoms with Crippen LogP contribution in [-0.2, 0) is 36.4 Å². The summed E-state index contributed by atoms with van der Waals surface area (Å²) >= 11 is 0. The number of likely N-dealkylation sites (tertiary alicyclic amines) is 2. The van der Waals surface area contributed by atoms with Crippen molar-refractivity contribution >= 4 is 27.5 Å². The van der Waals surface area contributed by atoms with Crippen LogP contribution >= 0.6 is 0 Å². The number of amides is 2. The van der Waals surface area contributed by atoms with E-state index < -0.39 is 22.2 Å². The topological polar surface area (TPSA) is 99.3 Å². The Morgan fingerprint density at radius 3 is 2.29 bits per heavy atom. The van der Waals surface area contributed by atoms with Crippen LogP contribution in [0.3, 0.4) is 0 Å². The molecule has 0 bridgehead atoms. The highest BCUT2D eigenvalue weighted by molar-refractivity contribution is 7.92. The number of fused-ring (bicyclic) bond motifs is 2. The summed E-state index contributed by atoms with van der Waals surface area (Å²) in [6.45, 7) is 5.27. The van der Waals surface area contributed by atoms with E-state index in [1.165, 1.54) is 10.6 Å². The number of piperidine rings is 2. The predicted molar refractivity (Wildman–Crippen MR) is 159 cm³/mol. The van der Waals surface area contributed by atoms with Gasteiger partial charge in [0.2, 0.25) is 21.8 Å². The molecule has 1 spiro atoms. The maximum atomic E-state index is 14.0. The Balaban J connectivity index is 1.30. The van der Waals surface area contributed by atoms with Crippen molar-refractivity contribution in [3.63, 3.8) is 0 Å². The third-order valence-corrected chi connectivity index (χ3v) is 10.2. The van der Waals surface area contributed by atoms with Crippen molar-refractivity contribution in [1.29, 1.82) is 0 Å². The number of nitrogens with one attached hydrogen (secondary N) is 1. The molecule has 2 aromatic carbocycles. The SMILES string of the molecule is C[C@@H](OCc1ccccc1)C(NC(=O)C1CCN(C)CC1)C(=O)N1CCC2(CC1)CN(S(C)(=O)=O)c1ccccc12. The van der Waals surface area contributed by atoms with E-state index in [0.717, 1.165) is 42.7 Å². The van der Waals surface area contributed by atoms with Crippen LogP contribution in [-0.4, -0.2) is 88.2 Å². The lowest BCUT2D eigenvalue weighted by Crippen LogP contribution is -2.58. The lowest BCUT2D eigenvalue weighted by atomic mass is 9.74. The molecule has 3 aliphatic heterocycles. The fraction of sp³-hybridized carbons (Fsp3) is 0.548. The quantitative estimate of drug-likeness (QED) is 0.514. The summed E-state index contributed by atoms with van der Waals surface area (Å²) in [7, 11) is -1.36. The van der Waals surface area contributed by atoms with Crippen LogP contribution in [0.4, 0.5) is 5.69 Å². The van der Waals surface area contributed by atoms with Crippen LogP contribution in [0.25, 0.3) is 0 Å². The highest BCUT2D eigenvalue weighted by Crippen LogP contribution is 2.47. The van der Waals surface area contributed by atoms with Crippen molar-refractivity contribution in [2.45, 2.75) is 56.8 Å². The number of nitrogens with zero attached hydrogens (tertiary/aromatic N) is 3. The fourth-order valence-electron chi connectivity index (χ4n) is 6.48. The standard InChI is InChI=1S/C31H42N4O5S/c1-23(40-21-24-9-5-4-6-10-24)28(32-29(36)25-13-17-33(2)18-14-25)30(37)34-19-15-31(16-20-34)22-35(41(3,38)39)27-12-8-7-11-26(27)31/h4-12,23,25,28H,13-22H2,1-3H3,(H,32,36)/t23-,28?/m1/s1. The first-order valence-corrected chi connectivity index (χ1v) is 16.4. The maximum Gasteiger partial charge on any atom is 0.247 e. The summed E-state index contributed by atoms with van der Waals surface area (Å²) in [6.07, 6.45) is 3.56. The van der Waals surface area contributed by atoms with Gasteiger partial charge in [-0.1, -0.05) is 48.5 Å². The minimum Gasteiger partial charge on any atom is -0.371 e. The van der Waals surface area contributed by atoms with Crippen LogP contribution < -0.4 is 9.62 Å². The van der Waals surface area contributed by atoms with Gasteiger partial charge in [0, 0.05) is 31.0 Å². The number of carbonyl (C=O) groups is 2. The minimum atomic E-state index is -3.42. The van der Waals surface area contributed by atoms with Crippen LogP contribution in [0.2, 0.25) is 0 Å². The zero-order chi connectivity index (χ0) is 29.2. The summed E-state index contributed by atoms with van der Waals surface area (Å²) in [4.78, 5) is 31.4. The molecule has 41 heavy (non-hydrogen) atoms. The summed E-state index contributed by atoms with van der Waals surface area (Å²) in [5.74, 6) is -0.356. The van der Waals surface area contributed by atoms with E-state index in [0.29, 0.717) is 39.1 Å². The molecule has 0 aromatic heterocycles. The molecule has 222 valence electrons. The van der Waals surface area contributed by atoms with Crippen molar-refractivity contribution in [3.8, 4) is 0 Å². The second-order valence-corrected chi connectivity index (χ2v) is 13.9. The molecule has 9 nitrogen and oxygen atoms in total. The molecular formula is C31H42N4O5S. The average molecular weight is 583 g/mol. The Labute approximate surface area is 243 Å². The van der Waals surface area contributed by atoms with E-state index in [1.54, 1.807) is 0 Å². The van der Waals surface area contributed by atoms with Gasteiger partial charge in [-0.3, -0.25) is 13.9 Å². The van der Waals surface area contributed by atoms with Crippen molar-refractivity contribution < 1.29 is 22.7 Å². The van der Waals surface area contributed by atoms with Crippen LogP contribution in [0, 0.1) is 5.92 Å². The Bertz CT molecular complexity index is 1340. The zero-order valence-electron chi connectivity index (χ0n) is 24.3. The number of rotatable bonds is 8. The highest BCUT2D eigenvalue weighted by Gasteiger charge is 2.48. The van der Waals surface area contributed by atoms with Gasteiger partial charge in [0.15, 0.2) is 0 Å². The molecule has 1 unspecified atom stereocenters. The number of ether oxygens (including phenoxy) is 1. The first-order valence-electron chi connectivity index (χ1n) is 14.6. The smallest absolute Gasteiger partial charge is 0.247 e. The molecule has 0 saturated carbocycles. The molecule has 0 radical (unpaired) electrons. The summed E-state index contributed by atoms with van der Waals surface area (Å²) in [6, 6.07) is 16.7. The molecule has 2 fully saturated rings. The van der Waals surface area contributed by atoms with Gasteiger partial charge >= 0.3 is 0 Å². The van der Waals surface area contributed by atoms with E-state index in [9.17, 15) is 18.0 Å². The largest absolute Gasteiger partial charge is 0.371 e. The van der Waals surface area contributed by atoms with Gasteiger partial charge in [-0.25, -0.2) is 8.42 Å². The first-order chi connectivity index (χ1) is 19.6. The number of anilines is 1. The van der Waals surface area contributed by atoms with E-state index >= 15 is 0 Å². The predicted octanol–water partition coefficient (Wildman–Crippen LogP) is 2.76. The Morgan fingerprint density at radius 2 is 1.63 bits per heavy atom. The molecule has 1 N–H and O–H groups in total. The van der Waals surface area contributed by atoms with Gasteiger partial charge in [-0.15, -0.1) is 0 Å². The van der Waals surface area contributed by atoms with Gasteiger partial charge in [-0.05, 0) is 69.9 Å². The van der Waals surface area contributed by atoms with E-state index in [1.807, 2.05) is 66.4 Å². The van der Waals surface area contributed by atoms with E-state index in [4.69, 9.17) is 4.74 Å². The maximum absolute atomic E-state index is 14.0. The summed E-state index contributed by atoms with van der Waals surface area (Å²) in [5.41, 5.74) is 2.44. The number of hydrogen-bond donors (Lipinski definition) is 1. The van der Waals surface area contributed by atoms with Gasteiger partial charge in [-0.2, -0.15) is 0 Å². The van der Waals surface area contributed by atoms with E-state index in [-0.39, 0.29) is 23.1 Å². The molecule has 3 heterocycles. The first kappa shape index (κ1) is 29.5. The van der Waals surface area contributed by atoms with Crippen molar-refractivity contribution in [2.24, 2.45) is 5.92 Å². The normalized spacial score (nSPS) is 21.0. The number of benzene rings is 2. The molecule has 2 atom stereocenters. The van der Waals surface area contributed by atoms with Gasteiger partial charge < -0.3 is 19.9 Å². The molecule has 2 aromatic rings. The minimum absolute atomic E-state index is 0.0893. The second-order valence-electron chi connectivity index (χ2n) is 12.0. The monoisotopic (exact) mass is 582 g/mol. The Morgan fingerprint density at radius 1 is 1.00 bits per heavy atom. The van der Waals surface area contributed by atoms with Crippen molar-refractivity contribution in [3.05, 3.63) is 65.7 Å². The molecule has 3 aliphatic rings. The third-order valence-electron chi connectivity index (χ3n) is 9.10. The number of carbonyl (C=O) groups excluding carboxylic acids is 2. The van der Waals surface area contributed by atoms with Gasteiger partial charge in [0.05, 0.1) is 24.7 Å². The molecular weight excluding hydrogens is 540 g/mol. The molecule has 0 aliphatic carbocycles.